The van der Waals surface area contributed by atoms with Gasteiger partial charge in [0, 0.05) is 21.1 Å². The molecular weight excluding hydrogens is 250 g/mol. The SMILES string of the molecule is CN(C)c1nc(Cl)c(C2CCCCC2)c(=O)n1C. The lowest BCUT2D eigenvalue weighted by molar-refractivity contribution is 0.438. The van der Waals surface area contributed by atoms with Crippen LogP contribution in [-0.2, 0) is 7.05 Å². The van der Waals surface area contributed by atoms with Crippen LogP contribution in [0.1, 0.15) is 43.6 Å². The second kappa shape index (κ2) is 5.31. The molecule has 5 heteroatoms. The summed E-state index contributed by atoms with van der Waals surface area (Å²) in [5, 5.41) is 0.383. The van der Waals surface area contributed by atoms with Gasteiger partial charge in [-0.25, -0.2) is 4.98 Å². The Morgan fingerprint density at radius 1 is 1.28 bits per heavy atom. The molecular formula is C13H20ClN3O. The molecule has 0 atom stereocenters. The highest BCUT2D eigenvalue weighted by molar-refractivity contribution is 6.30. The molecule has 18 heavy (non-hydrogen) atoms. The van der Waals surface area contributed by atoms with E-state index < -0.39 is 0 Å². The summed E-state index contributed by atoms with van der Waals surface area (Å²) in [5.74, 6) is 0.887. The van der Waals surface area contributed by atoms with E-state index in [2.05, 4.69) is 4.98 Å². The van der Waals surface area contributed by atoms with Gasteiger partial charge in [-0.1, -0.05) is 30.9 Å². The second-order valence-electron chi connectivity index (χ2n) is 5.21. The van der Waals surface area contributed by atoms with E-state index in [1.165, 1.54) is 19.3 Å². The molecule has 1 aliphatic carbocycles. The van der Waals surface area contributed by atoms with Crippen LogP contribution in [0.15, 0.2) is 4.79 Å². The highest BCUT2D eigenvalue weighted by Gasteiger charge is 2.24. The van der Waals surface area contributed by atoms with Gasteiger partial charge >= 0.3 is 0 Å². The van der Waals surface area contributed by atoms with Gasteiger partial charge in [-0.15, -0.1) is 0 Å². The predicted molar refractivity (Wildman–Crippen MR) is 74.6 cm³/mol. The Morgan fingerprint density at radius 3 is 2.44 bits per heavy atom. The molecule has 0 saturated heterocycles. The van der Waals surface area contributed by atoms with Crippen LogP contribution >= 0.6 is 11.6 Å². The summed E-state index contributed by atoms with van der Waals surface area (Å²) >= 11 is 6.23. The summed E-state index contributed by atoms with van der Waals surface area (Å²) in [4.78, 5) is 18.6. The Kier molecular flexibility index (Phi) is 3.95. The molecule has 0 bridgehead atoms. The summed E-state index contributed by atoms with van der Waals surface area (Å²) in [6, 6.07) is 0. The van der Waals surface area contributed by atoms with Crippen molar-refractivity contribution in [2.24, 2.45) is 7.05 Å². The molecule has 1 saturated carbocycles. The van der Waals surface area contributed by atoms with Gasteiger partial charge < -0.3 is 4.90 Å². The minimum Gasteiger partial charge on any atom is -0.348 e. The van der Waals surface area contributed by atoms with Gasteiger partial charge in [0.05, 0.1) is 5.56 Å². The standard InChI is InChI=1S/C13H20ClN3O/c1-16(2)13-15-11(14)10(12(18)17(13)3)9-7-5-4-6-8-9/h9H,4-8H2,1-3H3. The molecule has 0 radical (unpaired) electrons. The summed E-state index contributed by atoms with van der Waals surface area (Å²) in [7, 11) is 5.48. The summed E-state index contributed by atoms with van der Waals surface area (Å²) in [6.07, 6.45) is 5.73. The fourth-order valence-corrected chi connectivity index (χ4v) is 3.03. The molecule has 0 amide bonds. The molecule has 1 aliphatic rings. The Morgan fingerprint density at radius 2 is 1.89 bits per heavy atom. The zero-order chi connectivity index (χ0) is 13.3. The van der Waals surface area contributed by atoms with Crippen molar-refractivity contribution in [3.05, 3.63) is 21.1 Å². The van der Waals surface area contributed by atoms with Gasteiger partial charge in [0.1, 0.15) is 5.15 Å². The average molecular weight is 270 g/mol. The van der Waals surface area contributed by atoms with Gasteiger partial charge in [-0.05, 0) is 18.8 Å². The summed E-state index contributed by atoms with van der Waals surface area (Å²) in [6.45, 7) is 0. The number of hydrogen-bond acceptors (Lipinski definition) is 3. The maximum atomic E-state index is 12.4. The molecule has 0 N–H and O–H groups in total. The predicted octanol–water partition coefficient (Wildman–Crippen LogP) is 2.55. The van der Waals surface area contributed by atoms with Crippen molar-refractivity contribution >= 4 is 17.5 Å². The third-order valence-corrected chi connectivity index (χ3v) is 3.96. The molecule has 0 spiro atoms. The fourth-order valence-electron chi connectivity index (χ4n) is 2.72. The van der Waals surface area contributed by atoms with E-state index in [0.29, 0.717) is 16.7 Å². The third kappa shape index (κ3) is 2.39. The molecule has 1 aromatic heterocycles. The van der Waals surface area contributed by atoms with E-state index in [0.717, 1.165) is 12.8 Å². The van der Waals surface area contributed by atoms with E-state index in [4.69, 9.17) is 11.6 Å². The monoisotopic (exact) mass is 269 g/mol. The Balaban J connectivity index is 2.48. The van der Waals surface area contributed by atoms with E-state index >= 15 is 0 Å². The second-order valence-corrected chi connectivity index (χ2v) is 5.57. The number of hydrogen-bond donors (Lipinski definition) is 0. The van der Waals surface area contributed by atoms with Crippen molar-refractivity contribution in [1.29, 1.82) is 0 Å². The van der Waals surface area contributed by atoms with E-state index in [9.17, 15) is 4.79 Å². The van der Waals surface area contributed by atoms with Crippen molar-refractivity contribution in [2.45, 2.75) is 38.0 Å². The van der Waals surface area contributed by atoms with E-state index in [-0.39, 0.29) is 11.5 Å². The first kappa shape index (κ1) is 13.4. The first-order valence-electron chi connectivity index (χ1n) is 6.46. The van der Waals surface area contributed by atoms with Crippen LogP contribution < -0.4 is 10.5 Å². The van der Waals surface area contributed by atoms with E-state index in [1.807, 2.05) is 14.1 Å². The number of anilines is 1. The van der Waals surface area contributed by atoms with Gasteiger partial charge in [0.15, 0.2) is 0 Å². The number of rotatable bonds is 2. The molecule has 0 aliphatic heterocycles. The van der Waals surface area contributed by atoms with Crippen LogP contribution in [0.5, 0.6) is 0 Å². The normalized spacial score (nSPS) is 16.9. The summed E-state index contributed by atoms with van der Waals surface area (Å²) < 4.78 is 1.59. The lowest BCUT2D eigenvalue weighted by Gasteiger charge is -2.24. The first-order valence-corrected chi connectivity index (χ1v) is 6.84. The highest BCUT2D eigenvalue weighted by Crippen LogP contribution is 2.34. The maximum Gasteiger partial charge on any atom is 0.259 e. The Hall–Kier alpha value is -1.03. The smallest absolute Gasteiger partial charge is 0.259 e. The van der Waals surface area contributed by atoms with Crippen LogP contribution in [0.4, 0.5) is 5.95 Å². The van der Waals surface area contributed by atoms with Crippen molar-refractivity contribution in [2.75, 3.05) is 19.0 Å². The van der Waals surface area contributed by atoms with Gasteiger partial charge in [-0.3, -0.25) is 9.36 Å². The quantitative estimate of drug-likeness (QED) is 0.775. The minimum atomic E-state index is 0.00519. The van der Waals surface area contributed by atoms with Crippen molar-refractivity contribution in [3.63, 3.8) is 0 Å². The molecule has 2 rings (SSSR count). The molecule has 100 valence electrons. The molecule has 1 heterocycles. The molecule has 1 aromatic rings. The lowest BCUT2D eigenvalue weighted by atomic mass is 9.85. The van der Waals surface area contributed by atoms with Crippen molar-refractivity contribution in [3.8, 4) is 0 Å². The number of halogens is 1. The molecule has 0 unspecified atom stereocenters. The minimum absolute atomic E-state index is 0.00519. The number of nitrogens with zero attached hydrogens (tertiary/aromatic N) is 3. The van der Waals surface area contributed by atoms with Crippen LogP contribution in [0.2, 0.25) is 5.15 Å². The van der Waals surface area contributed by atoms with Crippen LogP contribution in [-0.4, -0.2) is 23.6 Å². The fraction of sp³-hybridized carbons (Fsp3) is 0.692. The lowest BCUT2D eigenvalue weighted by Crippen LogP contribution is -2.30. The van der Waals surface area contributed by atoms with Gasteiger partial charge in [-0.2, -0.15) is 0 Å². The first-order chi connectivity index (χ1) is 8.52. The summed E-state index contributed by atoms with van der Waals surface area (Å²) in [5.41, 5.74) is 0.718. The molecule has 1 fully saturated rings. The van der Waals surface area contributed by atoms with E-state index in [1.54, 1.807) is 16.5 Å². The zero-order valence-electron chi connectivity index (χ0n) is 11.2. The van der Waals surface area contributed by atoms with Crippen LogP contribution in [0.25, 0.3) is 0 Å². The van der Waals surface area contributed by atoms with Crippen LogP contribution in [0, 0.1) is 0 Å². The molecule has 0 aromatic carbocycles. The average Bonchev–Trinajstić information content (AvgIpc) is 2.35. The van der Waals surface area contributed by atoms with Gasteiger partial charge in [0.25, 0.3) is 5.56 Å². The third-order valence-electron chi connectivity index (χ3n) is 3.67. The largest absolute Gasteiger partial charge is 0.348 e. The number of aromatic nitrogens is 2. The van der Waals surface area contributed by atoms with Crippen molar-refractivity contribution in [1.82, 2.24) is 9.55 Å². The van der Waals surface area contributed by atoms with Gasteiger partial charge in [0.2, 0.25) is 5.95 Å². The maximum absolute atomic E-state index is 12.4. The zero-order valence-corrected chi connectivity index (χ0v) is 12.0. The topological polar surface area (TPSA) is 38.1 Å². The van der Waals surface area contributed by atoms with Crippen LogP contribution in [0.3, 0.4) is 0 Å². The van der Waals surface area contributed by atoms with Crippen molar-refractivity contribution < 1.29 is 0 Å². The molecule has 4 nitrogen and oxygen atoms in total. The Bertz CT molecular complexity index is 490. The Labute approximate surface area is 113 Å². The highest BCUT2D eigenvalue weighted by atomic mass is 35.5.